The van der Waals surface area contributed by atoms with E-state index in [2.05, 4.69) is 10.6 Å². The summed E-state index contributed by atoms with van der Waals surface area (Å²) in [6, 6.07) is 6.19. The molecule has 7 heteroatoms. The Balaban J connectivity index is 1.61. The molecule has 1 aliphatic rings. The van der Waals surface area contributed by atoms with Crippen LogP contribution in [0.3, 0.4) is 0 Å². The minimum atomic E-state index is -0.731. The Hall–Kier alpha value is -2.15. The zero-order valence-electron chi connectivity index (χ0n) is 13.8. The van der Waals surface area contributed by atoms with Crippen molar-refractivity contribution < 1.29 is 14.8 Å². The number of nitro groups is 1. The fourth-order valence-corrected chi connectivity index (χ4v) is 2.92. The summed E-state index contributed by atoms with van der Waals surface area (Å²) in [5.74, 6) is -0.0560. The second-order valence-electron chi connectivity index (χ2n) is 6.40. The van der Waals surface area contributed by atoms with Gasteiger partial charge in [-0.05, 0) is 31.4 Å². The van der Waals surface area contributed by atoms with Crippen LogP contribution in [-0.4, -0.2) is 34.6 Å². The lowest BCUT2D eigenvalue weighted by Gasteiger charge is -2.32. The second kappa shape index (κ2) is 8.63. The van der Waals surface area contributed by atoms with Gasteiger partial charge in [-0.1, -0.05) is 19.3 Å². The lowest BCUT2D eigenvalue weighted by molar-refractivity contribution is -0.384. The molecule has 1 amide bonds. The molecule has 0 aliphatic heterocycles. The molecule has 132 valence electrons. The number of nitrogens with zero attached hydrogens (tertiary/aromatic N) is 1. The van der Waals surface area contributed by atoms with E-state index in [1.807, 2.05) is 0 Å². The number of benzene rings is 1. The van der Waals surface area contributed by atoms with Crippen molar-refractivity contribution in [2.75, 3.05) is 18.4 Å². The lowest BCUT2D eigenvalue weighted by atomic mass is 9.85. The van der Waals surface area contributed by atoms with Crippen molar-refractivity contribution in [1.29, 1.82) is 0 Å². The Morgan fingerprint density at radius 3 is 2.50 bits per heavy atom. The molecule has 1 aliphatic carbocycles. The number of aliphatic hydroxyl groups is 1. The first kappa shape index (κ1) is 18.2. The van der Waals surface area contributed by atoms with Gasteiger partial charge in [0.2, 0.25) is 5.91 Å². The zero-order valence-corrected chi connectivity index (χ0v) is 13.8. The minimum Gasteiger partial charge on any atom is -0.388 e. The van der Waals surface area contributed by atoms with Crippen molar-refractivity contribution in [2.24, 2.45) is 0 Å². The largest absolute Gasteiger partial charge is 0.388 e. The fourth-order valence-electron chi connectivity index (χ4n) is 2.92. The highest BCUT2D eigenvalue weighted by atomic mass is 16.6. The molecular formula is C17H25N3O4. The van der Waals surface area contributed by atoms with Crippen LogP contribution in [-0.2, 0) is 4.79 Å². The van der Waals surface area contributed by atoms with Gasteiger partial charge in [0.25, 0.3) is 5.69 Å². The van der Waals surface area contributed by atoms with Gasteiger partial charge in [0.05, 0.1) is 10.5 Å². The van der Waals surface area contributed by atoms with Crippen molar-refractivity contribution >= 4 is 17.3 Å². The van der Waals surface area contributed by atoms with Crippen molar-refractivity contribution in [3.63, 3.8) is 0 Å². The van der Waals surface area contributed by atoms with E-state index in [-0.39, 0.29) is 11.6 Å². The van der Waals surface area contributed by atoms with Crippen LogP contribution in [0.15, 0.2) is 24.3 Å². The van der Waals surface area contributed by atoms with Gasteiger partial charge < -0.3 is 15.7 Å². The Kier molecular flexibility index (Phi) is 6.54. The molecule has 0 saturated heterocycles. The van der Waals surface area contributed by atoms with Gasteiger partial charge >= 0.3 is 0 Å². The van der Waals surface area contributed by atoms with Crippen LogP contribution < -0.4 is 10.6 Å². The molecule has 0 radical (unpaired) electrons. The van der Waals surface area contributed by atoms with Gasteiger partial charge in [-0.15, -0.1) is 0 Å². The van der Waals surface area contributed by atoms with Crippen LogP contribution in [0.4, 0.5) is 11.4 Å². The van der Waals surface area contributed by atoms with Crippen molar-refractivity contribution in [3.05, 3.63) is 34.4 Å². The first-order valence-electron chi connectivity index (χ1n) is 8.46. The van der Waals surface area contributed by atoms with E-state index in [0.717, 1.165) is 37.8 Å². The Morgan fingerprint density at radius 1 is 1.21 bits per heavy atom. The molecule has 1 fully saturated rings. The maximum Gasteiger partial charge on any atom is 0.269 e. The Labute approximate surface area is 141 Å². The minimum absolute atomic E-state index is 0.0560. The van der Waals surface area contributed by atoms with Gasteiger partial charge in [0, 0.05) is 37.3 Å². The third-order valence-corrected chi connectivity index (χ3v) is 4.39. The molecule has 0 atom stereocenters. The van der Waals surface area contributed by atoms with E-state index in [4.69, 9.17) is 0 Å². The highest BCUT2D eigenvalue weighted by Gasteiger charge is 2.29. The van der Waals surface area contributed by atoms with Crippen molar-refractivity contribution in [2.45, 2.75) is 50.5 Å². The molecule has 1 aromatic carbocycles. The number of nitrogens with one attached hydrogen (secondary N) is 2. The summed E-state index contributed by atoms with van der Waals surface area (Å²) in [5.41, 5.74) is 0.114. The molecular weight excluding hydrogens is 310 g/mol. The molecule has 0 unspecified atom stereocenters. The summed E-state index contributed by atoms with van der Waals surface area (Å²) in [6.07, 6.45) is 5.75. The number of amides is 1. The summed E-state index contributed by atoms with van der Waals surface area (Å²) in [5, 5.41) is 26.8. The van der Waals surface area contributed by atoms with Crippen molar-refractivity contribution in [3.8, 4) is 0 Å². The number of non-ortho nitro benzene ring substituents is 1. The first-order chi connectivity index (χ1) is 11.5. The Morgan fingerprint density at radius 2 is 1.88 bits per heavy atom. The zero-order chi connectivity index (χ0) is 17.4. The number of rotatable bonds is 8. The van der Waals surface area contributed by atoms with E-state index < -0.39 is 10.5 Å². The number of carbonyl (C=O) groups is 1. The highest BCUT2D eigenvalue weighted by Crippen LogP contribution is 2.27. The molecule has 2 rings (SSSR count). The van der Waals surface area contributed by atoms with Crippen LogP contribution in [0.25, 0.3) is 0 Å². The molecule has 1 aromatic rings. The molecule has 1 saturated carbocycles. The van der Waals surface area contributed by atoms with Crippen LogP contribution in [0, 0.1) is 10.1 Å². The number of nitro benzene ring substituents is 1. The van der Waals surface area contributed by atoms with Gasteiger partial charge in [0.1, 0.15) is 0 Å². The maximum atomic E-state index is 11.8. The van der Waals surface area contributed by atoms with Crippen LogP contribution in [0.1, 0.15) is 44.9 Å². The molecule has 0 bridgehead atoms. The highest BCUT2D eigenvalue weighted by molar-refractivity contribution is 5.75. The average Bonchev–Trinajstić information content (AvgIpc) is 2.58. The third kappa shape index (κ3) is 5.81. The summed E-state index contributed by atoms with van der Waals surface area (Å²) < 4.78 is 0. The number of hydrogen-bond donors (Lipinski definition) is 3. The van der Waals surface area contributed by atoms with Crippen LogP contribution in [0.5, 0.6) is 0 Å². The van der Waals surface area contributed by atoms with Gasteiger partial charge in [-0.3, -0.25) is 14.9 Å². The molecule has 0 heterocycles. The normalized spacial score (nSPS) is 16.4. The lowest BCUT2D eigenvalue weighted by Crippen LogP contribution is -2.44. The molecule has 7 nitrogen and oxygen atoms in total. The SMILES string of the molecule is O=C(CCCNc1ccc([N+](=O)[O-])cc1)NCC1(O)CCCCC1. The van der Waals surface area contributed by atoms with E-state index in [9.17, 15) is 20.0 Å². The van der Waals surface area contributed by atoms with Crippen LogP contribution in [0.2, 0.25) is 0 Å². The second-order valence-corrected chi connectivity index (χ2v) is 6.40. The van der Waals surface area contributed by atoms with E-state index >= 15 is 0 Å². The quantitative estimate of drug-likeness (QED) is 0.385. The maximum absolute atomic E-state index is 11.8. The van der Waals surface area contributed by atoms with E-state index in [1.54, 1.807) is 12.1 Å². The molecule has 0 aromatic heterocycles. The number of hydrogen-bond acceptors (Lipinski definition) is 5. The van der Waals surface area contributed by atoms with Crippen LogP contribution >= 0.6 is 0 Å². The van der Waals surface area contributed by atoms with Crippen molar-refractivity contribution in [1.82, 2.24) is 5.32 Å². The number of anilines is 1. The standard InChI is InChI=1S/C17H25N3O4/c21-16(19-13-17(22)10-2-1-3-11-17)5-4-12-18-14-6-8-15(9-7-14)20(23)24/h6-9,18,22H,1-5,10-13H2,(H,19,21). The van der Waals surface area contributed by atoms with Gasteiger partial charge in [-0.2, -0.15) is 0 Å². The van der Waals surface area contributed by atoms with E-state index in [1.165, 1.54) is 12.1 Å². The summed E-state index contributed by atoms with van der Waals surface area (Å²) >= 11 is 0. The van der Waals surface area contributed by atoms with Gasteiger partial charge in [-0.25, -0.2) is 0 Å². The predicted octanol–water partition coefficient (Wildman–Crippen LogP) is 2.60. The smallest absolute Gasteiger partial charge is 0.269 e. The summed E-state index contributed by atoms with van der Waals surface area (Å²) in [6.45, 7) is 0.942. The Bertz CT molecular complexity index is 553. The summed E-state index contributed by atoms with van der Waals surface area (Å²) in [7, 11) is 0. The fraction of sp³-hybridized carbons (Fsp3) is 0.588. The summed E-state index contributed by atoms with van der Waals surface area (Å²) in [4.78, 5) is 22.0. The third-order valence-electron chi connectivity index (χ3n) is 4.39. The molecule has 3 N–H and O–H groups in total. The first-order valence-corrected chi connectivity index (χ1v) is 8.46. The molecule has 0 spiro atoms. The van der Waals surface area contributed by atoms with Gasteiger partial charge in [0.15, 0.2) is 0 Å². The topological polar surface area (TPSA) is 104 Å². The van der Waals surface area contributed by atoms with E-state index in [0.29, 0.717) is 25.9 Å². The monoisotopic (exact) mass is 335 g/mol. The molecule has 24 heavy (non-hydrogen) atoms. The number of carbonyl (C=O) groups excluding carboxylic acids is 1. The average molecular weight is 335 g/mol. The predicted molar refractivity (Wildman–Crippen MR) is 91.9 cm³/mol.